The third-order valence-corrected chi connectivity index (χ3v) is 6.96. The monoisotopic (exact) mass is 279 g/mol. The molecule has 104 valence electrons. The number of hydrogen-bond donors (Lipinski definition) is 1. The topological polar surface area (TPSA) is 60.2 Å². The minimum Gasteiger partial charge on any atom is -0.321 e. The first-order valence-electron chi connectivity index (χ1n) is 6.97. The number of benzene rings is 1. The van der Waals surface area contributed by atoms with Crippen molar-refractivity contribution in [2.24, 2.45) is 5.73 Å². The van der Waals surface area contributed by atoms with Crippen molar-refractivity contribution in [3.05, 3.63) is 35.4 Å². The Kier molecular flexibility index (Phi) is 2.81. The van der Waals surface area contributed by atoms with E-state index in [2.05, 4.69) is 0 Å². The van der Waals surface area contributed by atoms with Gasteiger partial charge in [0.2, 0.25) is 0 Å². The summed E-state index contributed by atoms with van der Waals surface area (Å²) in [6, 6.07) is 8.00. The predicted molar refractivity (Wildman–Crippen MR) is 76.5 cm³/mol. The Hall–Kier alpha value is -0.870. The van der Waals surface area contributed by atoms with Gasteiger partial charge in [-0.25, -0.2) is 8.42 Å². The highest BCUT2D eigenvalue weighted by Gasteiger charge is 2.53. The molecule has 0 radical (unpaired) electrons. The lowest BCUT2D eigenvalue weighted by Gasteiger charge is -2.25. The van der Waals surface area contributed by atoms with Crippen molar-refractivity contribution in [2.45, 2.75) is 48.8 Å². The molecule has 2 saturated carbocycles. The summed E-state index contributed by atoms with van der Waals surface area (Å²) in [5.74, 6) is 0. The second kappa shape index (κ2) is 4.06. The summed E-state index contributed by atoms with van der Waals surface area (Å²) in [5, 5.41) is 0. The first-order chi connectivity index (χ1) is 8.87. The maximum Gasteiger partial charge on any atom is 0.157 e. The lowest BCUT2D eigenvalue weighted by atomic mass is 9.88. The van der Waals surface area contributed by atoms with Crippen LogP contribution in [-0.2, 0) is 20.1 Å². The smallest absolute Gasteiger partial charge is 0.157 e. The van der Waals surface area contributed by atoms with Crippen molar-refractivity contribution < 1.29 is 8.42 Å². The summed E-state index contributed by atoms with van der Waals surface area (Å²) < 4.78 is 23.2. The Morgan fingerprint density at radius 1 is 0.947 bits per heavy atom. The van der Waals surface area contributed by atoms with E-state index in [1.807, 2.05) is 24.3 Å². The molecule has 4 heteroatoms. The lowest BCUT2D eigenvalue weighted by Crippen LogP contribution is -2.33. The molecule has 19 heavy (non-hydrogen) atoms. The fraction of sp³-hybridized carbons (Fsp3) is 0.600. The van der Waals surface area contributed by atoms with E-state index in [4.69, 9.17) is 5.73 Å². The van der Waals surface area contributed by atoms with E-state index in [1.54, 1.807) is 0 Å². The summed E-state index contributed by atoms with van der Waals surface area (Å²) >= 11 is 0. The van der Waals surface area contributed by atoms with E-state index in [0.717, 1.165) is 36.8 Å². The predicted octanol–water partition coefficient (Wildman–Crippen LogP) is 2.45. The van der Waals surface area contributed by atoms with Crippen LogP contribution in [0.3, 0.4) is 0 Å². The fourth-order valence-corrected chi connectivity index (χ4v) is 4.80. The molecule has 0 unspecified atom stereocenters. The van der Waals surface area contributed by atoms with Gasteiger partial charge in [-0.1, -0.05) is 37.1 Å². The Morgan fingerprint density at radius 3 is 1.84 bits per heavy atom. The Bertz CT molecular complexity index is 579. The van der Waals surface area contributed by atoms with Crippen molar-refractivity contribution >= 4 is 9.84 Å². The fourth-order valence-electron chi connectivity index (χ4n) is 3.39. The molecule has 1 aromatic carbocycles. The SMILES string of the molecule is CS(=O)(=O)C1(c2ccc(C3(N)CCCC3)cc2)CC1. The summed E-state index contributed by atoms with van der Waals surface area (Å²) in [5.41, 5.74) is 8.31. The molecule has 0 amide bonds. The maximum absolute atomic E-state index is 11.9. The van der Waals surface area contributed by atoms with Crippen molar-refractivity contribution in [1.82, 2.24) is 0 Å². The third kappa shape index (κ3) is 2.01. The van der Waals surface area contributed by atoms with Crippen molar-refractivity contribution in [3.63, 3.8) is 0 Å². The molecular formula is C15H21NO2S. The molecule has 0 heterocycles. The summed E-state index contributed by atoms with van der Waals surface area (Å²) in [6.07, 6.45) is 7.28. The lowest BCUT2D eigenvalue weighted by molar-refractivity contribution is 0.461. The van der Waals surface area contributed by atoms with Crippen LogP contribution >= 0.6 is 0 Å². The van der Waals surface area contributed by atoms with Gasteiger partial charge in [0.15, 0.2) is 9.84 Å². The summed E-state index contributed by atoms with van der Waals surface area (Å²) in [6.45, 7) is 0. The Morgan fingerprint density at radius 2 is 1.42 bits per heavy atom. The highest BCUT2D eigenvalue weighted by molar-refractivity contribution is 7.92. The van der Waals surface area contributed by atoms with Crippen molar-refractivity contribution in [2.75, 3.05) is 6.26 Å². The molecule has 3 rings (SSSR count). The highest BCUT2D eigenvalue weighted by atomic mass is 32.2. The molecule has 2 aliphatic rings. The molecule has 0 bridgehead atoms. The normalized spacial score (nSPS) is 24.3. The molecule has 0 saturated heterocycles. The average molecular weight is 279 g/mol. The van der Waals surface area contributed by atoms with Gasteiger partial charge in [-0.15, -0.1) is 0 Å². The first kappa shape index (κ1) is 13.1. The zero-order valence-electron chi connectivity index (χ0n) is 11.4. The van der Waals surface area contributed by atoms with E-state index >= 15 is 0 Å². The number of hydrogen-bond acceptors (Lipinski definition) is 3. The largest absolute Gasteiger partial charge is 0.321 e. The number of rotatable bonds is 3. The third-order valence-electron chi connectivity index (χ3n) is 4.90. The van der Waals surface area contributed by atoms with Gasteiger partial charge < -0.3 is 5.73 Å². The molecule has 0 atom stereocenters. The summed E-state index contributed by atoms with van der Waals surface area (Å²) in [7, 11) is -3.02. The van der Waals surface area contributed by atoms with E-state index in [9.17, 15) is 8.42 Å². The van der Waals surface area contributed by atoms with Crippen LogP contribution in [0.15, 0.2) is 24.3 Å². The number of sulfone groups is 1. The van der Waals surface area contributed by atoms with Gasteiger partial charge >= 0.3 is 0 Å². The van der Waals surface area contributed by atoms with Crippen LogP contribution in [0.1, 0.15) is 49.7 Å². The molecule has 0 aliphatic heterocycles. The van der Waals surface area contributed by atoms with Gasteiger partial charge in [-0.3, -0.25) is 0 Å². The molecule has 2 aliphatic carbocycles. The van der Waals surface area contributed by atoms with Gasteiger partial charge in [0.25, 0.3) is 0 Å². The van der Waals surface area contributed by atoms with Gasteiger partial charge in [0.05, 0.1) is 4.75 Å². The Labute approximate surface area is 115 Å². The van der Waals surface area contributed by atoms with Crippen LogP contribution < -0.4 is 5.73 Å². The zero-order valence-corrected chi connectivity index (χ0v) is 12.2. The van der Waals surface area contributed by atoms with Crippen LogP contribution in [0.2, 0.25) is 0 Å². The quantitative estimate of drug-likeness (QED) is 0.924. The van der Waals surface area contributed by atoms with Gasteiger partial charge in [-0.2, -0.15) is 0 Å². The van der Waals surface area contributed by atoms with E-state index in [-0.39, 0.29) is 5.54 Å². The first-order valence-corrected chi connectivity index (χ1v) is 8.86. The van der Waals surface area contributed by atoms with Crippen LogP contribution in [0, 0.1) is 0 Å². The van der Waals surface area contributed by atoms with Crippen molar-refractivity contribution in [3.8, 4) is 0 Å². The summed E-state index contributed by atoms with van der Waals surface area (Å²) in [4.78, 5) is 0. The van der Waals surface area contributed by atoms with E-state index < -0.39 is 14.6 Å². The second-order valence-corrected chi connectivity index (χ2v) is 8.53. The van der Waals surface area contributed by atoms with Gasteiger partial charge in [-0.05, 0) is 36.8 Å². The maximum atomic E-state index is 11.9. The minimum absolute atomic E-state index is 0.194. The highest BCUT2D eigenvalue weighted by Crippen LogP contribution is 2.52. The second-order valence-electron chi connectivity index (χ2n) is 6.21. The van der Waals surface area contributed by atoms with E-state index in [1.165, 1.54) is 19.1 Å². The van der Waals surface area contributed by atoms with Crippen LogP contribution in [0.5, 0.6) is 0 Å². The van der Waals surface area contributed by atoms with Gasteiger partial charge in [0, 0.05) is 11.8 Å². The van der Waals surface area contributed by atoms with Crippen molar-refractivity contribution in [1.29, 1.82) is 0 Å². The molecule has 0 aromatic heterocycles. The van der Waals surface area contributed by atoms with Crippen LogP contribution in [0.4, 0.5) is 0 Å². The molecule has 1 aromatic rings. The molecule has 0 spiro atoms. The molecule has 3 nitrogen and oxygen atoms in total. The van der Waals surface area contributed by atoms with Crippen LogP contribution in [-0.4, -0.2) is 14.7 Å². The standard InChI is InChI=1S/C15H21NO2S/c1-19(17,18)15(10-11-15)13-6-4-12(5-7-13)14(16)8-2-3-9-14/h4-7H,2-3,8-11,16H2,1H3. The Balaban J connectivity index is 1.92. The molecule has 2 N–H and O–H groups in total. The minimum atomic E-state index is -3.02. The number of nitrogens with two attached hydrogens (primary N) is 1. The zero-order chi connectivity index (χ0) is 13.7. The van der Waals surface area contributed by atoms with Crippen LogP contribution in [0.25, 0.3) is 0 Å². The van der Waals surface area contributed by atoms with E-state index in [0.29, 0.717) is 0 Å². The molecule has 2 fully saturated rings. The average Bonchev–Trinajstić information content (AvgIpc) is 3.07. The molecular weight excluding hydrogens is 258 g/mol. The van der Waals surface area contributed by atoms with Gasteiger partial charge in [0.1, 0.15) is 0 Å².